The summed E-state index contributed by atoms with van der Waals surface area (Å²) >= 11 is 0. The first-order chi connectivity index (χ1) is 28.2. The van der Waals surface area contributed by atoms with Gasteiger partial charge in [0.2, 0.25) is 0 Å². The summed E-state index contributed by atoms with van der Waals surface area (Å²) in [6.07, 6.45) is 0. The number of fused-ring (bicyclic) bond motifs is 6. The van der Waals surface area contributed by atoms with E-state index in [2.05, 4.69) is 188 Å². The van der Waals surface area contributed by atoms with Gasteiger partial charge >= 0.3 is 0 Å². The summed E-state index contributed by atoms with van der Waals surface area (Å²) in [4.78, 5) is 10.6. The van der Waals surface area contributed by atoms with Crippen molar-refractivity contribution in [1.82, 2.24) is 9.97 Å². The second-order valence-electron chi connectivity index (χ2n) is 14.6. The zero-order valence-electron chi connectivity index (χ0n) is 30.9. The maximum atomic E-state index is 6.20. The third-order valence-corrected chi connectivity index (χ3v) is 11.0. The molecule has 0 aliphatic rings. The van der Waals surface area contributed by atoms with Crippen molar-refractivity contribution in [2.24, 2.45) is 0 Å². The molecule has 0 aliphatic carbocycles. The molecule has 0 saturated heterocycles. The summed E-state index contributed by atoms with van der Waals surface area (Å²) in [5.41, 5.74) is 13.3. The molecule has 0 spiro atoms. The van der Waals surface area contributed by atoms with Gasteiger partial charge in [-0.2, -0.15) is 0 Å². The van der Waals surface area contributed by atoms with Crippen LogP contribution >= 0.6 is 0 Å². The molecule has 0 unspecified atom stereocenters. The quantitative estimate of drug-likeness (QED) is 0.160. The Balaban J connectivity index is 1.08. The van der Waals surface area contributed by atoms with Gasteiger partial charge in [0.05, 0.1) is 11.4 Å². The minimum Gasteiger partial charge on any atom is -0.456 e. The first kappa shape index (κ1) is 32.8. The number of rotatable bonds is 6. The van der Waals surface area contributed by atoms with E-state index in [9.17, 15) is 0 Å². The molecule has 11 rings (SSSR count). The van der Waals surface area contributed by atoms with Gasteiger partial charge in [-0.25, -0.2) is 9.97 Å². The van der Waals surface area contributed by atoms with E-state index in [0.29, 0.717) is 5.82 Å². The summed E-state index contributed by atoms with van der Waals surface area (Å²) < 4.78 is 6.20. The monoisotopic (exact) mass is 726 g/mol. The van der Waals surface area contributed by atoms with Crippen LogP contribution in [0, 0.1) is 0 Å². The molecule has 57 heavy (non-hydrogen) atoms. The third-order valence-electron chi connectivity index (χ3n) is 11.0. The van der Waals surface area contributed by atoms with Crippen LogP contribution in [-0.4, -0.2) is 9.97 Å². The molecule has 0 amide bonds. The number of hydrogen-bond acceptors (Lipinski definition) is 3. The molecule has 0 fully saturated rings. The molecule has 9 aromatic carbocycles. The lowest BCUT2D eigenvalue weighted by atomic mass is 9.94. The Hall–Kier alpha value is -7.62. The van der Waals surface area contributed by atoms with Crippen molar-refractivity contribution in [3.8, 4) is 67.3 Å². The Morgan fingerprint density at radius 2 is 0.772 bits per heavy atom. The van der Waals surface area contributed by atoms with Gasteiger partial charge in [0, 0.05) is 27.5 Å². The minimum atomic E-state index is 0.678. The fourth-order valence-corrected chi connectivity index (χ4v) is 8.15. The summed E-state index contributed by atoms with van der Waals surface area (Å²) in [5, 5.41) is 7.18. The van der Waals surface area contributed by atoms with Crippen molar-refractivity contribution in [2.75, 3.05) is 0 Å². The highest BCUT2D eigenvalue weighted by Gasteiger charge is 2.16. The van der Waals surface area contributed by atoms with Crippen LogP contribution in [0.2, 0.25) is 0 Å². The van der Waals surface area contributed by atoms with E-state index in [1.54, 1.807) is 0 Å². The zero-order valence-corrected chi connectivity index (χ0v) is 30.9. The van der Waals surface area contributed by atoms with Gasteiger partial charge in [-0.3, -0.25) is 0 Å². The van der Waals surface area contributed by atoms with Gasteiger partial charge in [0.25, 0.3) is 0 Å². The Bertz CT molecular complexity index is 3290. The molecule has 266 valence electrons. The van der Waals surface area contributed by atoms with E-state index in [0.717, 1.165) is 83.4 Å². The number of hydrogen-bond donors (Lipinski definition) is 0. The van der Waals surface area contributed by atoms with E-state index < -0.39 is 0 Å². The number of furan rings is 1. The molecule has 3 heteroatoms. The van der Waals surface area contributed by atoms with Crippen molar-refractivity contribution < 1.29 is 4.42 Å². The van der Waals surface area contributed by atoms with Gasteiger partial charge in [-0.15, -0.1) is 0 Å². The van der Waals surface area contributed by atoms with E-state index in [1.165, 1.54) is 21.5 Å². The van der Waals surface area contributed by atoms with Crippen LogP contribution in [0.1, 0.15) is 0 Å². The number of benzene rings is 9. The van der Waals surface area contributed by atoms with Crippen molar-refractivity contribution in [3.05, 3.63) is 206 Å². The maximum Gasteiger partial charge on any atom is 0.160 e. The van der Waals surface area contributed by atoms with Gasteiger partial charge < -0.3 is 4.42 Å². The van der Waals surface area contributed by atoms with Crippen LogP contribution in [-0.2, 0) is 0 Å². The average Bonchev–Trinajstić information content (AvgIpc) is 3.67. The standard InChI is InChI=1S/C54H34N2O/c1-3-12-35(13-4-1)43-29-44(41-26-27-53-49(33-41)47-20-9-10-21-52(47)57-53)31-45(30-43)51-34-50(38-15-5-2-6-16-38)55-54(56-51)42-18-11-17-39(28-42)40-25-24-37-23-22-36-14-7-8-19-46(36)48(37)32-40/h1-34H. The van der Waals surface area contributed by atoms with Crippen molar-refractivity contribution in [3.63, 3.8) is 0 Å². The van der Waals surface area contributed by atoms with Crippen molar-refractivity contribution >= 4 is 43.5 Å². The van der Waals surface area contributed by atoms with Crippen molar-refractivity contribution in [2.45, 2.75) is 0 Å². The molecule has 0 radical (unpaired) electrons. The van der Waals surface area contributed by atoms with E-state index in [4.69, 9.17) is 14.4 Å². The van der Waals surface area contributed by atoms with Gasteiger partial charge in [0.15, 0.2) is 5.82 Å². The smallest absolute Gasteiger partial charge is 0.160 e. The Kier molecular flexibility index (Phi) is 7.82. The predicted molar refractivity (Wildman–Crippen MR) is 237 cm³/mol. The molecule has 2 heterocycles. The minimum absolute atomic E-state index is 0.678. The number of nitrogens with zero attached hydrogens (tertiary/aromatic N) is 2. The van der Waals surface area contributed by atoms with Gasteiger partial charge in [0.1, 0.15) is 11.2 Å². The van der Waals surface area contributed by atoms with Crippen LogP contribution in [0.5, 0.6) is 0 Å². The lowest BCUT2D eigenvalue weighted by molar-refractivity contribution is 0.669. The molecule has 3 nitrogen and oxygen atoms in total. The molecule has 0 atom stereocenters. The van der Waals surface area contributed by atoms with Crippen LogP contribution in [0.25, 0.3) is 111 Å². The van der Waals surface area contributed by atoms with Crippen LogP contribution < -0.4 is 0 Å². The average molecular weight is 727 g/mol. The first-order valence-electron chi connectivity index (χ1n) is 19.3. The van der Waals surface area contributed by atoms with E-state index in [-0.39, 0.29) is 0 Å². The SMILES string of the molecule is c1ccc(-c2cc(-c3ccc4oc5ccccc5c4c3)cc(-c3cc(-c4ccccc4)nc(-c4cccc(-c5ccc6ccc7ccccc7c6c5)c4)n3)c2)cc1. The summed E-state index contributed by atoms with van der Waals surface area (Å²) in [5.74, 6) is 0.678. The number of para-hydroxylation sites is 1. The number of aromatic nitrogens is 2. The van der Waals surface area contributed by atoms with Gasteiger partial charge in [-0.1, -0.05) is 152 Å². The Morgan fingerprint density at radius 1 is 0.263 bits per heavy atom. The lowest BCUT2D eigenvalue weighted by Crippen LogP contribution is -1.97. The molecule has 0 saturated carbocycles. The van der Waals surface area contributed by atoms with Crippen LogP contribution in [0.3, 0.4) is 0 Å². The first-order valence-corrected chi connectivity index (χ1v) is 19.3. The lowest BCUT2D eigenvalue weighted by Gasteiger charge is -2.14. The summed E-state index contributed by atoms with van der Waals surface area (Å²) in [7, 11) is 0. The fourth-order valence-electron chi connectivity index (χ4n) is 8.15. The van der Waals surface area contributed by atoms with Crippen LogP contribution in [0.15, 0.2) is 211 Å². The van der Waals surface area contributed by atoms with E-state index in [1.807, 2.05) is 18.2 Å². The zero-order chi connectivity index (χ0) is 37.7. The predicted octanol–water partition coefficient (Wildman–Crippen LogP) is 14.7. The molecule has 11 aromatic rings. The Morgan fingerprint density at radius 3 is 1.60 bits per heavy atom. The highest BCUT2D eigenvalue weighted by molar-refractivity contribution is 6.09. The highest BCUT2D eigenvalue weighted by Crippen LogP contribution is 2.38. The highest BCUT2D eigenvalue weighted by atomic mass is 16.3. The largest absolute Gasteiger partial charge is 0.456 e. The Labute approximate surface area is 330 Å². The third kappa shape index (κ3) is 6.03. The topological polar surface area (TPSA) is 38.9 Å². The summed E-state index contributed by atoms with van der Waals surface area (Å²) in [6.45, 7) is 0. The molecule has 0 N–H and O–H groups in total. The molecule has 0 aliphatic heterocycles. The second-order valence-corrected chi connectivity index (χ2v) is 14.6. The van der Waals surface area contributed by atoms with Crippen molar-refractivity contribution in [1.29, 1.82) is 0 Å². The van der Waals surface area contributed by atoms with Gasteiger partial charge in [-0.05, 0) is 110 Å². The molecular formula is C54H34N2O. The maximum absolute atomic E-state index is 6.20. The summed E-state index contributed by atoms with van der Waals surface area (Å²) in [6, 6.07) is 72.9. The molecule has 0 bridgehead atoms. The van der Waals surface area contributed by atoms with Crippen LogP contribution in [0.4, 0.5) is 0 Å². The fraction of sp³-hybridized carbons (Fsp3) is 0. The van der Waals surface area contributed by atoms with E-state index >= 15 is 0 Å². The molecule has 2 aromatic heterocycles. The second kappa shape index (κ2) is 13.6. The molecular weight excluding hydrogens is 693 g/mol. The normalized spacial score (nSPS) is 11.5.